The summed E-state index contributed by atoms with van der Waals surface area (Å²) < 4.78 is 4.37. The number of allylic oxidation sites excluding steroid dienone is 3. The molecule has 18 heavy (non-hydrogen) atoms. The smallest absolute Gasteiger partial charge is 0.313 e. The molecule has 4 heteroatoms. The summed E-state index contributed by atoms with van der Waals surface area (Å²) in [5.74, 6) is -0.899. The summed E-state index contributed by atoms with van der Waals surface area (Å²) in [4.78, 5) is 22.1. The van der Waals surface area contributed by atoms with Gasteiger partial charge in [-0.05, 0) is 6.42 Å². The first-order chi connectivity index (χ1) is 8.60. The molecule has 1 N–H and O–H groups in total. The van der Waals surface area contributed by atoms with Gasteiger partial charge in [0, 0.05) is 6.42 Å². The van der Waals surface area contributed by atoms with Gasteiger partial charge in [0.1, 0.15) is 12.2 Å². The molecule has 0 radical (unpaired) electrons. The molecule has 1 unspecified atom stereocenters. The molecule has 0 aliphatic heterocycles. The summed E-state index contributed by atoms with van der Waals surface area (Å²) >= 11 is 0. The van der Waals surface area contributed by atoms with E-state index < -0.39 is 12.1 Å². The first kappa shape index (κ1) is 16.6. The van der Waals surface area contributed by atoms with Gasteiger partial charge in [-0.15, -0.1) is 0 Å². The van der Waals surface area contributed by atoms with Crippen molar-refractivity contribution in [3.63, 3.8) is 0 Å². The molecule has 4 nitrogen and oxygen atoms in total. The van der Waals surface area contributed by atoms with E-state index in [0.717, 1.165) is 19.3 Å². The lowest BCUT2D eigenvalue weighted by molar-refractivity contribution is -0.143. The zero-order valence-electron chi connectivity index (χ0n) is 11.1. The summed E-state index contributed by atoms with van der Waals surface area (Å²) in [6.45, 7) is 2.13. The van der Waals surface area contributed by atoms with Gasteiger partial charge in [-0.2, -0.15) is 0 Å². The number of aliphatic hydroxyl groups excluding tert-OH is 1. The Morgan fingerprint density at radius 2 is 2.06 bits per heavy atom. The van der Waals surface area contributed by atoms with Crippen LogP contribution >= 0.6 is 0 Å². The Labute approximate surface area is 108 Å². The van der Waals surface area contributed by atoms with E-state index in [1.165, 1.54) is 13.2 Å². The molecule has 0 spiro atoms. The topological polar surface area (TPSA) is 63.6 Å². The maximum Gasteiger partial charge on any atom is 0.313 e. The van der Waals surface area contributed by atoms with Gasteiger partial charge in [0.15, 0.2) is 0 Å². The number of ketones is 1. The molecular formula is C14H22O4. The van der Waals surface area contributed by atoms with Crippen molar-refractivity contribution in [2.24, 2.45) is 0 Å². The van der Waals surface area contributed by atoms with Crippen LogP contribution in [-0.2, 0) is 14.3 Å². The van der Waals surface area contributed by atoms with Crippen LogP contribution in [0, 0.1) is 0 Å². The molecule has 0 amide bonds. The van der Waals surface area contributed by atoms with Crippen LogP contribution in [0.5, 0.6) is 0 Å². The summed E-state index contributed by atoms with van der Waals surface area (Å²) in [5.41, 5.74) is 0. The van der Waals surface area contributed by atoms with Crippen molar-refractivity contribution in [1.29, 1.82) is 0 Å². The second kappa shape index (κ2) is 10.7. The van der Waals surface area contributed by atoms with E-state index in [4.69, 9.17) is 0 Å². The van der Waals surface area contributed by atoms with Gasteiger partial charge in [-0.25, -0.2) is 0 Å². The van der Waals surface area contributed by atoms with Crippen LogP contribution in [0.1, 0.15) is 39.0 Å². The maximum atomic E-state index is 11.3. The third kappa shape index (κ3) is 9.78. The Kier molecular flexibility index (Phi) is 9.87. The molecule has 0 aliphatic rings. The van der Waals surface area contributed by atoms with Crippen LogP contribution in [0.2, 0.25) is 0 Å². The number of ether oxygens (including phenoxy) is 1. The predicted molar refractivity (Wildman–Crippen MR) is 70.1 cm³/mol. The quantitative estimate of drug-likeness (QED) is 0.296. The van der Waals surface area contributed by atoms with E-state index in [1.807, 2.05) is 12.2 Å². The van der Waals surface area contributed by atoms with Crippen molar-refractivity contribution in [2.45, 2.75) is 45.1 Å². The fraction of sp³-hybridized carbons (Fsp3) is 0.571. The highest BCUT2D eigenvalue weighted by molar-refractivity contribution is 5.95. The fourth-order valence-electron chi connectivity index (χ4n) is 1.30. The van der Waals surface area contributed by atoms with Gasteiger partial charge in [0.2, 0.25) is 0 Å². The lowest BCUT2D eigenvalue weighted by Gasteiger charge is -2.03. The molecule has 0 saturated carbocycles. The highest BCUT2D eigenvalue weighted by Gasteiger charge is 2.12. The first-order valence-corrected chi connectivity index (χ1v) is 6.20. The summed E-state index contributed by atoms with van der Waals surface area (Å²) in [7, 11) is 1.23. The summed E-state index contributed by atoms with van der Waals surface area (Å²) in [6, 6.07) is 0. The van der Waals surface area contributed by atoms with E-state index in [-0.39, 0.29) is 18.6 Å². The first-order valence-electron chi connectivity index (χ1n) is 6.20. The van der Waals surface area contributed by atoms with Gasteiger partial charge in [0.05, 0.1) is 13.2 Å². The van der Waals surface area contributed by atoms with Crippen molar-refractivity contribution in [3.05, 3.63) is 24.3 Å². The molecule has 0 aromatic rings. The van der Waals surface area contributed by atoms with Gasteiger partial charge in [0.25, 0.3) is 0 Å². The molecule has 102 valence electrons. The maximum absolute atomic E-state index is 11.3. The number of methoxy groups -OCH3 is 1. The van der Waals surface area contributed by atoms with E-state index >= 15 is 0 Å². The second-order valence-electron chi connectivity index (χ2n) is 4.02. The molecule has 0 rings (SSSR count). The minimum absolute atomic E-state index is 0.0611. The molecule has 0 aromatic heterocycles. The SMILES string of the molecule is CCCCC=CC=CC(O)CC(=O)CC(=O)OC. The van der Waals surface area contributed by atoms with Crippen molar-refractivity contribution >= 4 is 11.8 Å². The molecule has 0 bridgehead atoms. The van der Waals surface area contributed by atoms with E-state index in [2.05, 4.69) is 11.7 Å². The molecule has 0 heterocycles. The van der Waals surface area contributed by atoms with E-state index in [1.54, 1.807) is 6.08 Å². The average Bonchev–Trinajstić information content (AvgIpc) is 2.33. The molecule has 0 aromatic carbocycles. The minimum Gasteiger partial charge on any atom is -0.469 e. The third-order valence-electron chi connectivity index (χ3n) is 2.31. The van der Waals surface area contributed by atoms with Crippen LogP contribution in [0.15, 0.2) is 24.3 Å². The highest BCUT2D eigenvalue weighted by atomic mass is 16.5. The van der Waals surface area contributed by atoms with Crippen LogP contribution in [0.3, 0.4) is 0 Å². The number of esters is 1. The van der Waals surface area contributed by atoms with Crippen LogP contribution in [0.25, 0.3) is 0 Å². The van der Waals surface area contributed by atoms with Crippen molar-refractivity contribution in [1.82, 2.24) is 0 Å². The Hall–Kier alpha value is -1.42. The van der Waals surface area contributed by atoms with E-state index in [0.29, 0.717) is 0 Å². The van der Waals surface area contributed by atoms with Crippen molar-refractivity contribution in [2.75, 3.05) is 7.11 Å². The lowest BCUT2D eigenvalue weighted by atomic mass is 10.1. The molecule has 0 fully saturated rings. The number of unbranched alkanes of at least 4 members (excludes halogenated alkanes) is 2. The molecule has 0 saturated heterocycles. The normalized spacial score (nSPS) is 13.1. The Bertz CT molecular complexity index is 305. The molecular weight excluding hydrogens is 232 g/mol. The Morgan fingerprint density at radius 3 is 2.67 bits per heavy atom. The largest absolute Gasteiger partial charge is 0.469 e. The second-order valence-corrected chi connectivity index (χ2v) is 4.02. The molecule has 0 aliphatic carbocycles. The third-order valence-corrected chi connectivity index (χ3v) is 2.31. The summed E-state index contributed by atoms with van der Waals surface area (Å²) in [5, 5.41) is 9.51. The van der Waals surface area contributed by atoms with Crippen molar-refractivity contribution in [3.8, 4) is 0 Å². The van der Waals surface area contributed by atoms with Crippen LogP contribution < -0.4 is 0 Å². The fourth-order valence-corrected chi connectivity index (χ4v) is 1.30. The van der Waals surface area contributed by atoms with Gasteiger partial charge >= 0.3 is 5.97 Å². The number of hydrogen-bond acceptors (Lipinski definition) is 4. The van der Waals surface area contributed by atoms with Crippen LogP contribution in [-0.4, -0.2) is 30.1 Å². The Balaban J connectivity index is 3.85. The van der Waals surface area contributed by atoms with E-state index in [9.17, 15) is 14.7 Å². The number of hydrogen-bond donors (Lipinski definition) is 1. The van der Waals surface area contributed by atoms with Gasteiger partial charge in [-0.1, -0.05) is 44.1 Å². The number of carbonyl (C=O) groups excluding carboxylic acids is 2. The lowest BCUT2D eigenvalue weighted by Crippen LogP contribution is -2.15. The number of Topliss-reactive ketones (excluding diaryl/α,β-unsaturated/α-hetero) is 1. The summed E-state index contributed by atoms with van der Waals surface area (Å²) in [6.07, 6.45) is 9.23. The highest BCUT2D eigenvalue weighted by Crippen LogP contribution is 2.00. The monoisotopic (exact) mass is 254 g/mol. The standard InChI is InChI=1S/C14H22O4/c1-3-4-5-6-7-8-9-12(15)10-13(16)11-14(17)18-2/h6-9,12,15H,3-5,10-11H2,1-2H3. The van der Waals surface area contributed by atoms with Gasteiger partial charge in [-0.3, -0.25) is 9.59 Å². The Morgan fingerprint density at radius 1 is 1.33 bits per heavy atom. The van der Waals surface area contributed by atoms with Crippen LogP contribution in [0.4, 0.5) is 0 Å². The zero-order chi connectivity index (χ0) is 13.8. The predicted octanol–water partition coefficient (Wildman–Crippen LogP) is 2.17. The zero-order valence-corrected chi connectivity index (χ0v) is 11.1. The van der Waals surface area contributed by atoms with Gasteiger partial charge < -0.3 is 9.84 Å². The number of rotatable bonds is 9. The minimum atomic E-state index is -0.849. The number of aliphatic hydroxyl groups is 1. The molecule has 1 atom stereocenters. The average molecular weight is 254 g/mol. The van der Waals surface area contributed by atoms with Crippen molar-refractivity contribution < 1.29 is 19.4 Å². The number of carbonyl (C=O) groups is 2.